The highest BCUT2D eigenvalue weighted by Gasteiger charge is 2.16. The van der Waals surface area contributed by atoms with Crippen LogP contribution in [0.5, 0.6) is 0 Å². The van der Waals surface area contributed by atoms with E-state index in [4.69, 9.17) is 4.74 Å². The van der Waals surface area contributed by atoms with Crippen LogP contribution < -0.4 is 4.90 Å². The molecule has 0 saturated carbocycles. The van der Waals surface area contributed by atoms with E-state index in [-0.39, 0.29) is 12.1 Å². The summed E-state index contributed by atoms with van der Waals surface area (Å²) in [6.07, 6.45) is 7.31. The molecule has 0 amide bonds. The summed E-state index contributed by atoms with van der Waals surface area (Å²) in [6, 6.07) is 5.51. The average Bonchev–Trinajstić information content (AvgIpc) is 3.20. The minimum absolute atomic E-state index is 0.245. The van der Waals surface area contributed by atoms with E-state index >= 15 is 0 Å². The van der Waals surface area contributed by atoms with Crippen LogP contribution >= 0.6 is 0 Å². The molecule has 6 nitrogen and oxygen atoms in total. The third-order valence-electron chi connectivity index (χ3n) is 3.73. The first-order chi connectivity index (χ1) is 10.7. The molecule has 0 bridgehead atoms. The van der Waals surface area contributed by atoms with Gasteiger partial charge in [-0.15, -0.1) is 0 Å². The minimum Gasteiger partial charge on any atom is -0.457 e. The molecule has 1 aliphatic heterocycles. The van der Waals surface area contributed by atoms with Crippen LogP contribution in [-0.2, 0) is 11.3 Å². The summed E-state index contributed by atoms with van der Waals surface area (Å²) < 4.78 is 7.16. The first kappa shape index (κ1) is 14.6. The summed E-state index contributed by atoms with van der Waals surface area (Å²) in [5, 5.41) is 4.10. The lowest BCUT2D eigenvalue weighted by Gasteiger charge is -2.16. The van der Waals surface area contributed by atoms with Gasteiger partial charge >= 0.3 is 5.97 Å². The quantitative estimate of drug-likeness (QED) is 0.792. The topological polar surface area (TPSA) is 60.3 Å². The van der Waals surface area contributed by atoms with E-state index in [0.717, 1.165) is 18.9 Å². The van der Waals surface area contributed by atoms with Crippen molar-refractivity contribution in [3.63, 3.8) is 0 Å². The number of nitrogens with zero attached hydrogens (tertiary/aromatic N) is 4. The van der Waals surface area contributed by atoms with E-state index in [0.29, 0.717) is 12.1 Å². The number of ether oxygens (including phenoxy) is 1. The Morgan fingerprint density at radius 2 is 2.18 bits per heavy atom. The van der Waals surface area contributed by atoms with Gasteiger partial charge in [0.25, 0.3) is 0 Å². The number of rotatable bonds is 5. The third-order valence-corrected chi connectivity index (χ3v) is 3.73. The number of anilines is 1. The van der Waals surface area contributed by atoms with Gasteiger partial charge in [-0.25, -0.2) is 9.78 Å². The molecule has 1 aliphatic rings. The largest absolute Gasteiger partial charge is 0.457 e. The van der Waals surface area contributed by atoms with Crippen molar-refractivity contribution in [2.24, 2.45) is 0 Å². The lowest BCUT2D eigenvalue weighted by molar-refractivity contribution is 0.0298. The third kappa shape index (κ3) is 3.44. The number of carbonyl (C=O) groups is 1. The maximum Gasteiger partial charge on any atom is 0.340 e. The van der Waals surface area contributed by atoms with Crippen molar-refractivity contribution in [2.75, 3.05) is 18.0 Å². The van der Waals surface area contributed by atoms with E-state index in [1.807, 2.05) is 25.3 Å². The fourth-order valence-corrected chi connectivity index (χ4v) is 2.60. The highest BCUT2D eigenvalue weighted by Crippen LogP contribution is 2.18. The lowest BCUT2D eigenvalue weighted by Crippen LogP contribution is -2.22. The summed E-state index contributed by atoms with van der Waals surface area (Å²) in [5.74, 6) is 0.582. The van der Waals surface area contributed by atoms with Crippen molar-refractivity contribution < 1.29 is 9.53 Å². The van der Waals surface area contributed by atoms with E-state index in [1.165, 1.54) is 12.8 Å². The first-order valence-corrected chi connectivity index (χ1v) is 7.62. The summed E-state index contributed by atoms with van der Waals surface area (Å²) in [5.41, 5.74) is 0.482. The molecule has 22 heavy (non-hydrogen) atoms. The second-order valence-electron chi connectivity index (χ2n) is 5.54. The van der Waals surface area contributed by atoms with Crippen molar-refractivity contribution in [2.45, 2.75) is 32.4 Å². The smallest absolute Gasteiger partial charge is 0.340 e. The van der Waals surface area contributed by atoms with Gasteiger partial charge in [0.2, 0.25) is 0 Å². The van der Waals surface area contributed by atoms with Gasteiger partial charge in [-0.05, 0) is 38.0 Å². The summed E-state index contributed by atoms with van der Waals surface area (Å²) in [6.45, 7) is 4.47. The maximum atomic E-state index is 12.1. The Bertz CT molecular complexity index is 604. The fraction of sp³-hybridized carbons (Fsp3) is 0.438. The number of aromatic nitrogens is 3. The molecular weight excluding hydrogens is 280 g/mol. The molecule has 3 rings (SSSR count). The molecule has 0 N–H and O–H groups in total. The monoisotopic (exact) mass is 300 g/mol. The fourth-order valence-electron chi connectivity index (χ4n) is 2.60. The zero-order valence-corrected chi connectivity index (χ0v) is 12.7. The molecule has 3 heterocycles. The van der Waals surface area contributed by atoms with E-state index < -0.39 is 0 Å². The number of hydrogen-bond donors (Lipinski definition) is 0. The molecule has 6 heteroatoms. The summed E-state index contributed by atoms with van der Waals surface area (Å²) >= 11 is 0. The number of carbonyl (C=O) groups excluding carboxylic acids is 1. The lowest BCUT2D eigenvalue weighted by atomic mass is 10.2. The van der Waals surface area contributed by atoms with Gasteiger partial charge in [0.15, 0.2) is 0 Å². The summed E-state index contributed by atoms with van der Waals surface area (Å²) in [7, 11) is 0. The molecule has 1 fully saturated rings. The molecule has 116 valence electrons. The van der Waals surface area contributed by atoms with Crippen LogP contribution in [0.3, 0.4) is 0 Å². The molecule has 1 atom stereocenters. The molecule has 0 radical (unpaired) electrons. The van der Waals surface area contributed by atoms with Crippen LogP contribution in [0.25, 0.3) is 0 Å². The molecule has 0 unspecified atom stereocenters. The number of pyridine rings is 1. The Morgan fingerprint density at radius 1 is 1.36 bits per heavy atom. The van der Waals surface area contributed by atoms with Crippen molar-refractivity contribution in [3.8, 4) is 0 Å². The van der Waals surface area contributed by atoms with E-state index in [2.05, 4.69) is 15.0 Å². The Balaban J connectivity index is 1.57. The van der Waals surface area contributed by atoms with Crippen LogP contribution in [0.15, 0.2) is 36.8 Å². The Kier molecular flexibility index (Phi) is 4.37. The average molecular weight is 300 g/mol. The van der Waals surface area contributed by atoms with Gasteiger partial charge in [-0.1, -0.05) is 0 Å². The zero-order valence-electron chi connectivity index (χ0n) is 12.7. The van der Waals surface area contributed by atoms with E-state index in [1.54, 1.807) is 23.1 Å². The molecule has 1 saturated heterocycles. The SMILES string of the molecule is C[C@@H](Cn1cccn1)OC(=O)c1ccc(N2CCCC2)nc1. The molecule has 2 aromatic heterocycles. The predicted octanol–water partition coefficient (Wildman–Crippen LogP) is 2.12. The Labute approximate surface area is 129 Å². The molecular formula is C16H20N4O2. The molecule has 0 spiro atoms. The first-order valence-electron chi connectivity index (χ1n) is 7.62. The Morgan fingerprint density at radius 3 is 2.82 bits per heavy atom. The Hall–Kier alpha value is -2.37. The van der Waals surface area contributed by atoms with Gasteiger partial charge in [0, 0.05) is 31.7 Å². The maximum absolute atomic E-state index is 12.1. The number of hydrogen-bond acceptors (Lipinski definition) is 5. The predicted molar refractivity (Wildman–Crippen MR) is 82.8 cm³/mol. The van der Waals surface area contributed by atoms with Crippen molar-refractivity contribution in [3.05, 3.63) is 42.4 Å². The van der Waals surface area contributed by atoms with Crippen LogP contribution in [0.1, 0.15) is 30.1 Å². The van der Waals surface area contributed by atoms with Gasteiger partial charge in [0.05, 0.1) is 12.1 Å². The molecule has 2 aromatic rings. The minimum atomic E-state index is -0.347. The van der Waals surface area contributed by atoms with Gasteiger partial charge in [0.1, 0.15) is 11.9 Å². The van der Waals surface area contributed by atoms with Gasteiger partial charge < -0.3 is 9.64 Å². The van der Waals surface area contributed by atoms with Crippen molar-refractivity contribution in [1.82, 2.24) is 14.8 Å². The standard InChI is InChI=1S/C16H20N4O2/c1-13(12-20-10-4-7-18-20)22-16(21)14-5-6-15(17-11-14)19-8-2-3-9-19/h4-7,10-11,13H,2-3,8-9,12H2,1H3/t13-/m0/s1. The van der Waals surface area contributed by atoms with Crippen LogP contribution in [-0.4, -0.2) is 39.9 Å². The molecule has 0 aliphatic carbocycles. The van der Waals surface area contributed by atoms with Gasteiger partial charge in [-0.3, -0.25) is 4.68 Å². The van der Waals surface area contributed by atoms with Crippen molar-refractivity contribution in [1.29, 1.82) is 0 Å². The number of esters is 1. The second-order valence-corrected chi connectivity index (χ2v) is 5.54. The van der Waals surface area contributed by atoms with Gasteiger partial charge in [-0.2, -0.15) is 5.10 Å². The second kappa shape index (κ2) is 6.60. The summed E-state index contributed by atoms with van der Waals surface area (Å²) in [4.78, 5) is 18.7. The zero-order chi connectivity index (χ0) is 15.4. The van der Waals surface area contributed by atoms with Crippen molar-refractivity contribution >= 4 is 11.8 Å². The highest BCUT2D eigenvalue weighted by molar-refractivity contribution is 5.89. The van der Waals surface area contributed by atoms with Crippen LogP contribution in [0.4, 0.5) is 5.82 Å². The van der Waals surface area contributed by atoms with Crippen LogP contribution in [0, 0.1) is 0 Å². The highest BCUT2D eigenvalue weighted by atomic mass is 16.5. The molecule has 0 aromatic carbocycles. The normalized spacial score (nSPS) is 15.8. The van der Waals surface area contributed by atoms with E-state index in [9.17, 15) is 4.79 Å². The van der Waals surface area contributed by atoms with Crippen LogP contribution in [0.2, 0.25) is 0 Å².